The monoisotopic (exact) mass is 442 g/mol. The Morgan fingerprint density at radius 1 is 0.970 bits per heavy atom. The number of ketones is 1. The highest BCUT2D eigenvalue weighted by Gasteiger charge is 2.43. The van der Waals surface area contributed by atoms with Gasteiger partial charge in [0.1, 0.15) is 5.69 Å². The summed E-state index contributed by atoms with van der Waals surface area (Å²) >= 11 is 0. The quantitative estimate of drug-likeness (QED) is 0.544. The number of benzene rings is 2. The Balaban J connectivity index is 1.18. The molecule has 5 rings (SSSR count). The molecule has 2 aromatic carbocycles. The highest BCUT2D eigenvalue weighted by atomic mass is 16.2. The van der Waals surface area contributed by atoms with Crippen molar-refractivity contribution < 1.29 is 9.59 Å². The summed E-state index contributed by atoms with van der Waals surface area (Å²) in [6.07, 6.45) is 3.82. The summed E-state index contributed by atoms with van der Waals surface area (Å²) < 4.78 is 1.31. The lowest BCUT2D eigenvalue weighted by molar-refractivity contribution is 0.101. The number of carbonyl (C=O) groups excluding carboxylic acids is 2. The molecule has 6 nitrogen and oxygen atoms in total. The van der Waals surface area contributed by atoms with Gasteiger partial charge in [0.2, 0.25) is 0 Å². The molecule has 2 fully saturated rings. The lowest BCUT2D eigenvalue weighted by Crippen LogP contribution is -2.36. The predicted octanol–water partition coefficient (Wildman–Crippen LogP) is 4.56. The second kappa shape index (κ2) is 8.94. The number of Topliss-reactive ketones (excluding diaryl/α,β-unsaturated/α-hetero) is 1. The highest BCUT2D eigenvalue weighted by molar-refractivity contribution is 5.92. The van der Waals surface area contributed by atoms with Crippen LogP contribution in [0, 0.1) is 11.8 Å². The number of hydrogen-bond donors (Lipinski definition) is 0. The average molecular weight is 443 g/mol. The molecule has 3 aromatic rings. The number of amides is 1. The molecule has 1 aromatic heterocycles. The summed E-state index contributed by atoms with van der Waals surface area (Å²) in [4.78, 5) is 28.7. The van der Waals surface area contributed by atoms with Gasteiger partial charge in [-0.15, -0.1) is 0 Å². The minimum atomic E-state index is -0.125. The van der Waals surface area contributed by atoms with Gasteiger partial charge in [-0.1, -0.05) is 48.5 Å². The fraction of sp³-hybridized carbons (Fsp3) is 0.370. The van der Waals surface area contributed by atoms with Crippen molar-refractivity contribution in [2.75, 3.05) is 20.1 Å². The molecular formula is C27H30N4O2. The topological polar surface area (TPSA) is 58.4 Å². The summed E-state index contributed by atoms with van der Waals surface area (Å²) in [5.41, 5.74) is 4.16. The maximum Gasteiger partial charge on any atom is 0.344 e. The first kappa shape index (κ1) is 21.6. The fourth-order valence-corrected chi connectivity index (χ4v) is 5.44. The van der Waals surface area contributed by atoms with Crippen LogP contribution < -0.4 is 0 Å². The molecule has 6 heteroatoms. The second-order valence-corrected chi connectivity index (χ2v) is 9.52. The molecule has 0 N–H and O–H groups in total. The number of carbonyl (C=O) groups is 2. The van der Waals surface area contributed by atoms with E-state index in [0.717, 1.165) is 32.5 Å². The molecule has 0 radical (unpaired) electrons. The van der Waals surface area contributed by atoms with Crippen molar-refractivity contribution in [3.8, 4) is 11.1 Å². The maximum atomic E-state index is 12.8. The third kappa shape index (κ3) is 4.48. The molecule has 1 aliphatic heterocycles. The van der Waals surface area contributed by atoms with Crippen LogP contribution in [0.1, 0.15) is 35.8 Å². The first-order chi connectivity index (χ1) is 16.0. The Bertz CT molecular complexity index is 1140. The number of aromatic nitrogens is 2. The van der Waals surface area contributed by atoms with Crippen molar-refractivity contribution in [1.29, 1.82) is 0 Å². The van der Waals surface area contributed by atoms with E-state index in [1.54, 1.807) is 12.3 Å². The molecule has 1 saturated heterocycles. The summed E-state index contributed by atoms with van der Waals surface area (Å²) in [6, 6.07) is 21.3. The number of hydrogen-bond acceptors (Lipinski definition) is 4. The maximum absolute atomic E-state index is 12.8. The highest BCUT2D eigenvalue weighted by Crippen LogP contribution is 2.40. The predicted molar refractivity (Wildman–Crippen MR) is 128 cm³/mol. The second-order valence-electron chi connectivity index (χ2n) is 9.52. The van der Waals surface area contributed by atoms with Crippen LogP contribution in [-0.4, -0.2) is 57.6 Å². The Labute approximate surface area is 194 Å². The molecule has 1 amide bonds. The van der Waals surface area contributed by atoms with Crippen molar-refractivity contribution in [2.45, 2.75) is 32.4 Å². The minimum Gasteiger partial charge on any atom is -0.322 e. The smallest absolute Gasteiger partial charge is 0.322 e. The Kier molecular flexibility index (Phi) is 5.85. The lowest BCUT2D eigenvalue weighted by Gasteiger charge is -2.26. The van der Waals surface area contributed by atoms with E-state index in [2.05, 4.69) is 65.6 Å². The molecule has 170 valence electrons. The first-order valence-electron chi connectivity index (χ1n) is 11.7. The summed E-state index contributed by atoms with van der Waals surface area (Å²) in [6.45, 7) is 3.93. The van der Waals surface area contributed by atoms with Crippen LogP contribution in [0.25, 0.3) is 11.1 Å². The van der Waals surface area contributed by atoms with Crippen LogP contribution >= 0.6 is 0 Å². The van der Waals surface area contributed by atoms with E-state index >= 15 is 0 Å². The van der Waals surface area contributed by atoms with Crippen molar-refractivity contribution in [3.05, 3.63) is 78.1 Å². The van der Waals surface area contributed by atoms with Crippen LogP contribution in [0.15, 0.2) is 66.9 Å². The van der Waals surface area contributed by atoms with Crippen LogP contribution in [0.3, 0.4) is 0 Å². The zero-order valence-corrected chi connectivity index (χ0v) is 19.2. The van der Waals surface area contributed by atoms with Crippen LogP contribution in [0.5, 0.6) is 0 Å². The van der Waals surface area contributed by atoms with Crippen LogP contribution in [0.4, 0.5) is 4.79 Å². The Morgan fingerprint density at radius 3 is 2.33 bits per heavy atom. The van der Waals surface area contributed by atoms with E-state index in [-0.39, 0.29) is 11.8 Å². The van der Waals surface area contributed by atoms with Crippen molar-refractivity contribution in [3.63, 3.8) is 0 Å². The van der Waals surface area contributed by atoms with Gasteiger partial charge in [0.15, 0.2) is 5.78 Å². The summed E-state index contributed by atoms with van der Waals surface area (Å²) in [5.74, 6) is 0.930. The number of fused-ring (bicyclic) bond motifs is 1. The van der Waals surface area contributed by atoms with Gasteiger partial charge in [-0.3, -0.25) is 9.69 Å². The molecule has 3 atom stereocenters. The molecule has 1 saturated carbocycles. The molecule has 0 bridgehead atoms. The van der Waals surface area contributed by atoms with E-state index in [9.17, 15) is 9.59 Å². The van der Waals surface area contributed by atoms with E-state index in [1.165, 1.54) is 28.3 Å². The van der Waals surface area contributed by atoms with Gasteiger partial charge in [-0.2, -0.15) is 9.78 Å². The normalized spacial score (nSPS) is 22.0. The van der Waals surface area contributed by atoms with Gasteiger partial charge in [-0.05, 0) is 60.5 Å². The van der Waals surface area contributed by atoms with E-state index in [4.69, 9.17) is 0 Å². The van der Waals surface area contributed by atoms with Crippen molar-refractivity contribution >= 4 is 11.8 Å². The average Bonchev–Trinajstić information content (AvgIpc) is 3.54. The molecule has 1 aliphatic carbocycles. The van der Waals surface area contributed by atoms with Crippen molar-refractivity contribution in [1.82, 2.24) is 19.6 Å². The zero-order valence-electron chi connectivity index (χ0n) is 19.2. The van der Waals surface area contributed by atoms with Gasteiger partial charge < -0.3 is 4.90 Å². The van der Waals surface area contributed by atoms with Gasteiger partial charge in [-0.25, -0.2) is 4.79 Å². The number of rotatable bonds is 5. The number of likely N-dealkylation sites (tertiary alicyclic amines) is 1. The molecular weight excluding hydrogens is 412 g/mol. The fourth-order valence-electron chi connectivity index (χ4n) is 5.44. The van der Waals surface area contributed by atoms with Crippen molar-refractivity contribution in [2.24, 2.45) is 11.8 Å². The van der Waals surface area contributed by atoms with Gasteiger partial charge in [0, 0.05) is 38.8 Å². The van der Waals surface area contributed by atoms with Crippen LogP contribution in [-0.2, 0) is 6.54 Å². The van der Waals surface area contributed by atoms with E-state index < -0.39 is 0 Å². The first-order valence-corrected chi connectivity index (χ1v) is 11.7. The van der Waals surface area contributed by atoms with E-state index in [1.807, 2.05) is 11.0 Å². The molecule has 0 spiro atoms. The third-order valence-electron chi connectivity index (χ3n) is 7.23. The lowest BCUT2D eigenvalue weighted by atomic mass is 10.0. The third-order valence-corrected chi connectivity index (χ3v) is 7.23. The molecule has 33 heavy (non-hydrogen) atoms. The van der Waals surface area contributed by atoms with Crippen LogP contribution in [0.2, 0.25) is 0 Å². The molecule has 2 aliphatic rings. The SMILES string of the molecule is CC(=O)c1ccn(C(=O)N2C[C@H]3C[C@H](N(C)Cc4cccc(-c5ccccc5)c4)C[C@H]3C2)n1. The summed E-state index contributed by atoms with van der Waals surface area (Å²) in [7, 11) is 2.22. The van der Waals surface area contributed by atoms with Gasteiger partial charge >= 0.3 is 6.03 Å². The molecule has 2 heterocycles. The molecule has 0 unspecified atom stereocenters. The number of nitrogens with zero attached hydrogens (tertiary/aromatic N) is 4. The summed E-state index contributed by atoms with van der Waals surface area (Å²) in [5, 5.41) is 4.13. The van der Waals surface area contributed by atoms with Gasteiger partial charge in [0.25, 0.3) is 0 Å². The van der Waals surface area contributed by atoms with E-state index in [0.29, 0.717) is 23.6 Å². The Hall–Kier alpha value is -3.25. The standard InChI is InChI=1S/C27H30N4O2/c1-19(32)26-11-12-31(28-26)27(33)30-17-23-14-25(15-24(23)18-30)29(2)16-20-7-6-10-22(13-20)21-8-4-3-5-9-21/h3-13,23-25H,14-18H2,1-2H3/t23-,24+,25+. The minimum absolute atomic E-state index is 0.125. The Morgan fingerprint density at radius 2 is 1.67 bits per heavy atom. The largest absolute Gasteiger partial charge is 0.344 e. The zero-order chi connectivity index (χ0) is 22.9. The van der Waals surface area contributed by atoms with Gasteiger partial charge in [0.05, 0.1) is 0 Å².